The molecule has 0 unspecified atom stereocenters. The van der Waals surface area contributed by atoms with Gasteiger partial charge in [-0.3, -0.25) is 9.48 Å². The zero-order valence-corrected chi connectivity index (χ0v) is 12.1. The molecule has 0 atom stereocenters. The van der Waals surface area contributed by atoms with Crippen molar-refractivity contribution in [1.29, 1.82) is 0 Å². The molecule has 0 saturated heterocycles. The van der Waals surface area contributed by atoms with E-state index >= 15 is 0 Å². The maximum atomic E-state index is 12.9. The number of hydrogen-bond acceptors (Lipinski definition) is 5. The highest BCUT2D eigenvalue weighted by Crippen LogP contribution is 2.31. The van der Waals surface area contributed by atoms with E-state index in [9.17, 15) is 18.0 Å². The van der Waals surface area contributed by atoms with Crippen molar-refractivity contribution in [1.82, 2.24) is 19.7 Å². The predicted octanol–water partition coefficient (Wildman–Crippen LogP) is 2.56. The molecule has 2 heterocycles. The van der Waals surface area contributed by atoms with Crippen LogP contribution in [0, 0.1) is 0 Å². The lowest BCUT2D eigenvalue weighted by atomic mass is 10.2. The second-order valence-electron chi connectivity index (χ2n) is 4.13. The standard InChI is InChI=1S/C12H11F3N4O2S/c1-2-19-8(3-4-16-19)7-5-9(12(13,14)15)18-11(17-7)22-6-10(20)21/h3-5H,2,6H2,1H3,(H,20,21). The molecular formula is C12H11F3N4O2S. The minimum absolute atomic E-state index is 0.0505. The molecule has 0 spiro atoms. The van der Waals surface area contributed by atoms with Crippen LogP contribution in [0.5, 0.6) is 0 Å². The summed E-state index contributed by atoms with van der Waals surface area (Å²) in [7, 11) is 0. The molecule has 2 rings (SSSR count). The fraction of sp³-hybridized carbons (Fsp3) is 0.333. The van der Waals surface area contributed by atoms with Gasteiger partial charge in [0.1, 0.15) is 5.69 Å². The molecule has 118 valence electrons. The van der Waals surface area contributed by atoms with Crippen LogP contribution in [0.15, 0.2) is 23.5 Å². The lowest BCUT2D eigenvalue weighted by Crippen LogP contribution is -2.11. The summed E-state index contributed by atoms with van der Waals surface area (Å²) in [5.74, 6) is -1.58. The summed E-state index contributed by atoms with van der Waals surface area (Å²) >= 11 is 0.632. The normalized spacial score (nSPS) is 11.6. The van der Waals surface area contributed by atoms with Gasteiger partial charge in [0.25, 0.3) is 0 Å². The number of aryl methyl sites for hydroxylation is 1. The minimum Gasteiger partial charge on any atom is -0.481 e. The van der Waals surface area contributed by atoms with E-state index < -0.39 is 23.6 Å². The summed E-state index contributed by atoms with van der Waals surface area (Å²) < 4.78 is 40.3. The molecular weight excluding hydrogens is 321 g/mol. The van der Waals surface area contributed by atoms with E-state index in [1.54, 1.807) is 6.92 Å². The molecule has 10 heteroatoms. The number of aliphatic carboxylic acids is 1. The zero-order chi connectivity index (χ0) is 16.3. The summed E-state index contributed by atoms with van der Waals surface area (Å²) in [6.07, 6.45) is -3.19. The molecule has 0 saturated carbocycles. The highest BCUT2D eigenvalue weighted by molar-refractivity contribution is 7.99. The average Bonchev–Trinajstić information content (AvgIpc) is 2.92. The number of carboxylic acids is 1. The Labute approximate surface area is 127 Å². The van der Waals surface area contributed by atoms with Crippen LogP contribution in [0.1, 0.15) is 12.6 Å². The number of thioether (sulfide) groups is 1. The molecule has 0 amide bonds. The van der Waals surface area contributed by atoms with E-state index in [1.165, 1.54) is 16.9 Å². The molecule has 0 aromatic carbocycles. The third kappa shape index (κ3) is 3.75. The van der Waals surface area contributed by atoms with Crippen molar-refractivity contribution in [3.8, 4) is 11.4 Å². The Morgan fingerprint density at radius 2 is 2.14 bits per heavy atom. The summed E-state index contributed by atoms with van der Waals surface area (Å²) in [5.41, 5.74) is -0.656. The maximum Gasteiger partial charge on any atom is 0.433 e. The van der Waals surface area contributed by atoms with E-state index in [-0.39, 0.29) is 10.9 Å². The third-order valence-electron chi connectivity index (χ3n) is 2.60. The molecule has 0 aliphatic heterocycles. The van der Waals surface area contributed by atoms with E-state index in [4.69, 9.17) is 5.11 Å². The van der Waals surface area contributed by atoms with E-state index in [2.05, 4.69) is 15.1 Å². The Balaban J connectivity index is 2.48. The average molecular weight is 332 g/mol. The third-order valence-corrected chi connectivity index (χ3v) is 3.43. The van der Waals surface area contributed by atoms with E-state index in [0.717, 1.165) is 6.07 Å². The number of halogens is 3. The van der Waals surface area contributed by atoms with Gasteiger partial charge in [-0.05, 0) is 19.1 Å². The minimum atomic E-state index is -4.65. The van der Waals surface area contributed by atoms with Gasteiger partial charge in [-0.1, -0.05) is 11.8 Å². The molecule has 1 N–H and O–H groups in total. The van der Waals surface area contributed by atoms with E-state index in [1.807, 2.05) is 0 Å². The number of carboxylic acid groups (broad SMARTS) is 1. The molecule has 0 aliphatic carbocycles. The molecule has 2 aromatic rings. The zero-order valence-electron chi connectivity index (χ0n) is 11.3. The number of rotatable bonds is 5. The Bertz CT molecular complexity index is 687. The SMILES string of the molecule is CCn1nccc1-c1cc(C(F)(F)F)nc(SCC(=O)O)n1. The molecule has 0 radical (unpaired) electrons. The molecule has 0 fully saturated rings. The van der Waals surface area contributed by atoms with Gasteiger partial charge in [0.15, 0.2) is 5.16 Å². The summed E-state index contributed by atoms with van der Waals surface area (Å²) in [5, 5.41) is 12.4. The maximum absolute atomic E-state index is 12.9. The van der Waals surface area contributed by atoms with Gasteiger partial charge < -0.3 is 5.11 Å². The van der Waals surface area contributed by atoms with Crippen LogP contribution in [0.25, 0.3) is 11.4 Å². The van der Waals surface area contributed by atoms with Gasteiger partial charge in [0, 0.05) is 12.7 Å². The Kier molecular flexibility index (Phi) is 4.69. The lowest BCUT2D eigenvalue weighted by Gasteiger charge is -2.10. The molecule has 0 aliphatic rings. The first-order valence-electron chi connectivity index (χ1n) is 6.14. The van der Waals surface area contributed by atoms with Gasteiger partial charge in [0.2, 0.25) is 0 Å². The summed E-state index contributed by atoms with van der Waals surface area (Å²) in [4.78, 5) is 17.9. The van der Waals surface area contributed by atoms with Crippen LogP contribution in [-0.4, -0.2) is 36.6 Å². The lowest BCUT2D eigenvalue weighted by molar-refractivity contribution is -0.141. The fourth-order valence-electron chi connectivity index (χ4n) is 1.69. The topological polar surface area (TPSA) is 80.9 Å². The van der Waals surface area contributed by atoms with Crippen molar-refractivity contribution >= 4 is 17.7 Å². The van der Waals surface area contributed by atoms with Crippen molar-refractivity contribution in [2.24, 2.45) is 0 Å². The van der Waals surface area contributed by atoms with Crippen molar-refractivity contribution in [3.63, 3.8) is 0 Å². The van der Waals surface area contributed by atoms with E-state index in [0.29, 0.717) is 24.0 Å². The first-order chi connectivity index (χ1) is 10.3. The Morgan fingerprint density at radius 3 is 2.73 bits per heavy atom. The monoisotopic (exact) mass is 332 g/mol. The predicted molar refractivity (Wildman–Crippen MR) is 72.3 cm³/mol. The van der Waals surface area contributed by atoms with Gasteiger partial charge in [-0.15, -0.1) is 0 Å². The van der Waals surface area contributed by atoms with Crippen LogP contribution in [0.4, 0.5) is 13.2 Å². The van der Waals surface area contributed by atoms with Crippen LogP contribution in [0.2, 0.25) is 0 Å². The fourth-order valence-corrected chi connectivity index (χ4v) is 2.27. The summed E-state index contributed by atoms with van der Waals surface area (Å²) in [6, 6.07) is 2.37. The van der Waals surface area contributed by atoms with Crippen molar-refractivity contribution < 1.29 is 23.1 Å². The number of alkyl halides is 3. The number of carbonyl (C=O) groups is 1. The number of nitrogens with zero attached hydrogens (tertiary/aromatic N) is 4. The van der Waals surface area contributed by atoms with Crippen LogP contribution >= 0.6 is 11.8 Å². The molecule has 6 nitrogen and oxygen atoms in total. The second-order valence-corrected chi connectivity index (χ2v) is 5.08. The van der Waals surface area contributed by atoms with Gasteiger partial charge >= 0.3 is 12.1 Å². The number of hydrogen-bond donors (Lipinski definition) is 1. The largest absolute Gasteiger partial charge is 0.481 e. The molecule has 22 heavy (non-hydrogen) atoms. The first-order valence-corrected chi connectivity index (χ1v) is 7.13. The van der Waals surface area contributed by atoms with Crippen LogP contribution in [0.3, 0.4) is 0 Å². The Hall–Kier alpha value is -2.10. The van der Waals surface area contributed by atoms with Crippen molar-refractivity contribution in [2.75, 3.05) is 5.75 Å². The highest BCUT2D eigenvalue weighted by Gasteiger charge is 2.34. The van der Waals surface area contributed by atoms with Crippen molar-refractivity contribution in [2.45, 2.75) is 24.8 Å². The van der Waals surface area contributed by atoms with Crippen LogP contribution in [-0.2, 0) is 17.5 Å². The van der Waals surface area contributed by atoms with Gasteiger partial charge in [0.05, 0.1) is 17.1 Å². The van der Waals surface area contributed by atoms with Crippen molar-refractivity contribution in [3.05, 3.63) is 24.0 Å². The van der Waals surface area contributed by atoms with Gasteiger partial charge in [-0.2, -0.15) is 18.3 Å². The van der Waals surface area contributed by atoms with Gasteiger partial charge in [-0.25, -0.2) is 9.97 Å². The molecule has 2 aromatic heterocycles. The first kappa shape index (κ1) is 16.3. The van der Waals surface area contributed by atoms with Crippen LogP contribution < -0.4 is 0 Å². The summed E-state index contributed by atoms with van der Waals surface area (Å²) in [6.45, 7) is 2.26. The Morgan fingerprint density at radius 1 is 1.41 bits per heavy atom. The quantitative estimate of drug-likeness (QED) is 0.669. The smallest absolute Gasteiger partial charge is 0.433 e. The number of aromatic nitrogens is 4. The second kappa shape index (κ2) is 6.34. The molecule has 0 bridgehead atoms. The highest BCUT2D eigenvalue weighted by atomic mass is 32.2.